The number of aromatic nitrogens is 1. The summed E-state index contributed by atoms with van der Waals surface area (Å²) in [5.41, 5.74) is 1.32. The first-order valence-corrected chi connectivity index (χ1v) is 7.50. The van der Waals surface area contributed by atoms with Gasteiger partial charge in [0.25, 0.3) is 5.91 Å². The molecule has 1 aromatic rings. The Morgan fingerprint density at radius 1 is 1.40 bits per heavy atom. The van der Waals surface area contributed by atoms with Gasteiger partial charge >= 0.3 is 0 Å². The number of nitrogens with one attached hydrogen (secondary N) is 1. The Kier molecular flexibility index (Phi) is 5.53. The summed E-state index contributed by atoms with van der Waals surface area (Å²) in [4.78, 5) is 16.1. The highest BCUT2D eigenvalue weighted by Gasteiger charge is 2.21. The molecule has 1 heterocycles. The number of nitrogens with zero attached hydrogens (tertiary/aromatic N) is 1. The first-order chi connectivity index (χ1) is 9.66. The van der Waals surface area contributed by atoms with Crippen LogP contribution in [-0.2, 0) is 4.74 Å². The van der Waals surface area contributed by atoms with Crippen molar-refractivity contribution >= 4 is 5.91 Å². The fourth-order valence-electron chi connectivity index (χ4n) is 2.66. The molecule has 0 bridgehead atoms. The van der Waals surface area contributed by atoms with Crippen LogP contribution in [-0.4, -0.2) is 30.1 Å². The number of carbonyl (C=O) groups excluding carboxylic acids is 1. The number of hydrogen-bond acceptors (Lipinski definition) is 3. The van der Waals surface area contributed by atoms with Crippen LogP contribution in [0, 0.1) is 12.8 Å². The fraction of sp³-hybridized carbons (Fsp3) is 0.625. The molecule has 0 unspecified atom stereocenters. The Labute approximate surface area is 120 Å². The van der Waals surface area contributed by atoms with Gasteiger partial charge in [0.1, 0.15) is 5.69 Å². The molecular formula is C16H24N2O2. The number of ether oxygens (including phenoxy) is 1. The van der Waals surface area contributed by atoms with Gasteiger partial charge in [0.2, 0.25) is 0 Å². The van der Waals surface area contributed by atoms with Crippen LogP contribution in [0.4, 0.5) is 0 Å². The zero-order valence-electron chi connectivity index (χ0n) is 12.4. The molecule has 20 heavy (non-hydrogen) atoms. The molecule has 1 aromatic heterocycles. The minimum atomic E-state index is -0.131. The Morgan fingerprint density at radius 2 is 2.20 bits per heavy atom. The minimum absolute atomic E-state index is 0.131. The third-order valence-corrected chi connectivity index (χ3v) is 3.87. The molecule has 1 fully saturated rings. The summed E-state index contributed by atoms with van der Waals surface area (Å²) < 4.78 is 5.87. The van der Waals surface area contributed by atoms with E-state index in [0.29, 0.717) is 30.9 Å². The normalized spacial score (nSPS) is 22.5. The second kappa shape index (κ2) is 7.39. The smallest absolute Gasteiger partial charge is 0.269 e. The number of aryl methyl sites for hydroxylation is 1. The van der Waals surface area contributed by atoms with E-state index >= 15 is 0 Å². The van der Waals surface area contributed by atoms with Gasteiger partial charge in [-0.2, -0.15) is 0 Å². The Balaban J connectivity index is 1.69. The summed E-state index contributed by atoms with van der Waals surface area (Å²) in [6, 6.07) is 5.45. The number of hydrogen-bond donors (Lipinski definition) is 1. The summed E-state index contributed by atoms with van der Waals surface area (Å²) in [5.74, 6) is 0.506. The van der Waals surface area contributed by atoms with E-state index in [2.05, 4.69) is 17.2 Å². The van der Waals surface area contributed by atoms with Crippen molar-refractivity contribution in [1.29, 1.82) is 0 Å². The molecule has 1 aliphatic rings. The van der Waals surface area contributed by atoms with E-state index in [1.54, 1.807) is 6.07 Å². The maximum absolute atomic E-state index is 11.9. The first kappa shape index (κ1) is 15.0. The second-order valence-electron chi connectivity index (χ2n) is 5.59. The molecule has 2 atom stereocenters. The Morgan fingerprint density at radius 3 is 2.95 bits per heavy atom. The molecule has 1 saturated carbocycles. The van der Waals surface area contributed by atoms with Crippen molar-refractivity contribution in [2.45, 2.75) is 45.6 Å². The predicted octanol–water partition coefficient (Wildman–Crippen LogP) is 2.72. The predicted molar refractivity (Wildman–Crippen MR) is 78.7 cm³/mol. The van der Waals surface area contributed by atoms with Crippen molar-refractivity contribution in [1.82, 2.24) is 10.3 Å². The van der Waals surface area contributed by atoms with Crippen molar-refractivity contribution in [3.63, 3.8) is 0 Å². The highest BCUT2D eigenvalue weighted by atomic mass is 16.5. The van der Waals surface area contributed by atoms with Gasteiger partial charge in [-0.05, 0) is 37.8 Å². The van der Waals surface area contributed by atoms with Gasteiger partial charge < -0.3 is 10.1 Å². The Hall–Kier alpha value is -1.42. The number of carbonyl (C=O) groups is 1. The molecule has 0 spiro atoms. The summed E-state index contributed by atoms with van der Waals surface area (Å²) in [7, 11) is 0. The fourth-order valence-corrected chi connectivity index (χ4v) is 2.66. The number of amides is 1. The van der Waals surface area contributed by atoms with Crippen LogP contribution in [0.25, 0.3) is 0 Å². The SMILES string of the molecule is Cc1cccc(C(=O)NCCO[C@H]2CCCC[C@H]2C)n1. The third kappa shape index (κ3) is 4.30. The van der Waals surface area contributed by atoms with Crippen LogP contribution in [0.2, 0.25) is 0 Å². The van der Waals surface area contributed by atoms with Crippen LogP contribution >= 0.6 is 0 Å². The van der Waals surface area contributed by atoms with E-state index in [-0.39, 0.29) is 5.91 Å². The van der Waals surface area contributed by atoms with Crippen LogP contribution in [0.1, 0.15) is 48.8 Å². The van der Waals surface area contributed by atoms with Crippen LogP contribution in [0.5, 0.6) is 0 Å². The molecule has 4 nitrogen and oxygen atoms in total. The molecule has 1 amide bonds. The van der Waals surface area contributed by atoms with Gasteiger partial charge in [-0.1, -0.05) is 25.8 Å². The second-order valence-corrected chi connectivity index (χ2v) is 5.59. The average Bonchev–Trinajstić information content (AvgIpc) is 2.45. The zero-order valence-corrected chi connectivity index (χ0v) is 12.4. The van der Waals surface area contributed by atoms with Crippen molar-refractivity contribution in [3.05, 3.63) is 29.6 Å². The van der Waals surface area contributed by atoms with Gasteiger partial charge in [-0.3, -0.25) is 4.79 Å². The first-order valence-electron chi connectivity index (χ1n) is 7.50. The topological polar surface area (TPSA) is 51.2 Å². The zero-order chi connectivity index (χ0) is 14.4. The number of pyridine rings is 1. The van der Waals surface area contributed by atoms with E-state index in [9.17, 15) is 4.79 Å². The lowest BCUT2D eigenvalue weighted by atomic mass is 9.88. The molecular weight excluding hydrogens is 252 g/mol. The van der Waals surface area contributed by atoms with Crippen molar-refractivity contribution in [3.8, 4) is 0 Å². The summed E-state index contributed by atoms with van der Waals surface area (Å²) in [6.07, 6.45) is 5.34. The molecule has 0 saturated heterocycles. The lowest BCUT2D eigenvalue weighted by Crippen LogP contribution is -2.32. The molecule has 0 radical (unpaired) electrons. The lowest BCUT2D eigenvalue weighted by molar-refractivity contribution is -0.00295. The molecule has 2 rings (SSSR count). The quantitative estimate of drug-likeness (QED) is 0.841. The van der Waals surface area contributed by atoms with Gasteiger partial charge in [-0.25, -0.2) is 4.98 Å². The van der Waals surface area contributed by atoms with Gasteiger partial charge in [-0.15, -0.1) is 0 Å². The lowest BCUT2D eigenvalue weighted by Gasteiger charge is -2.28. The summed E-state index contributed by atoms with van der Waals surface area (Å²) >= 11 is 0. The van der Waals surface area contributed by atoms with E-state index in [0.717, 1.165) is 12.1 Å². The molecule has 110 valence electrons. The standard InChI is InChI=1S/C16H24N2O2/c1-12-6-3-4-9-15(12)20-11-10-17-16(19)14-8-5-7-13(2)18-14/h5,7-8,12,15H,3-4,6,9-11H2,1-2H3,(H,17,19)/t12-,15+/m1/s1. The van der Waals surface area contributed by atoms with Gasteiger partial charge in [0.05, 0.1) is 12.7 Å². The molecule has 0 aromatic carbocycles. The summed E-state index contributed by atoms with van der Waals surface area (Å²) in [5, 5.41) is 2.85. The molecule has 0 aliphatic heterocycles. The molecule has 4 heteroatoms. The van der Waals surface area contributed by atoms with Gasteiger partial charge in [0.15, 0.2) is 0 Å². The largest absolute Gasteiger partial charge is 0.376 e. The third-order valence-electron chi connectivity index (χ3n) is 3.87. The van der Waals surface area contributed by atoms with Crippen molar-refractivity contribution < 1.29 is 9.53 Å². The van der Waals surface area contributed by atoms with E-state index in [4.69, 9.17) is 4.74 Å². The number of rotatable bonds is 5. The maximum Gasteiger partial charge on any atom is 0.269 e. The van der Waals surface area contributed by atoms with E-state index < -0.39 is 0 Å². The van der Waals surface area contributed by atoms with Crippen LogP contribution in [0.3, 0.4) is 0 Å². The highest BCUT2D eigenvalue weighted by Crippen LogP contribution is 2.25. The summed E-state index contributed by atoms with van der Waals surface area (Å²) in [6.45, 7) is 5.24. The van der Waals surface area contributed by atoms with E-state index in [1.807, 2.05) is 19.1 Å². The van der Waals surface area contributed by atoms with Crippen molar-refractivity contribution in [2.75, 3.05) is 13.2 Å². The maximum atomic E-state index is 11.9. The van der Waals surface area contributed by atoms with Gasteiger partial charge in [0, 0.05) is 12.2 Å². The molecule has 1 N–H and O–H groups in total. The van der Waals surface area contributed by atoms with Crippen LogP contribution < -0.4 is 5.32 Å². The monoisotopic (exact) mass is 276 g/mol. The van der Waals surface area contributed by atoms with Crippen LogP contribution in [0.15, 0.2) is 18.2 Å². The molecule has 1 aliphatic carbocycles. The Bertz CT molecular complexity index is 448. The average molecular weight is 276 g/mol. The van der Waals surface area contributed by atoms with E-state index in [1.165, 1.54) is 19.3 Å². The highest BCUT2D eigenvalue weighted by molar-refractivity contribution is 5.92. The minimum Gasteiger partial charge on any atom is -0.376 e. The van der Waals surface area contributed by atoms with Crippen molar-refractivity contribution in [2.24, 2.45) is 5.92 Å².